The Hall–Kier alpha value is -2.96. The highest BCUT2D eigenvalue weighted by Gasteiger charge is 2.33. The van der Waals surface area contributed by atoms with Crippen molar-refractivity contribution in [2.75, 3.05) is 13.2 Å². The Morgan fingerprint density at radius 2 is 2.00 bits per heavy atom. The molecule has 7 heteroatoms. The summed E-state index contributed by atoms with van der Waals surface area (Å²) >= 11 is 0. The van der Waals surface area contributed by atoms with Crippen molar-refractivity contribution >= 4 is 11.5 Å². The lowest BCUT2D eigenvalue weighted by Crippen LogP contribution is -2.18. The highest BCUT2D eigenvalue weighted by molar-refractivity contribution is 6.21. The van der Waals surface area contributed by atoms with Crippen molar-refractivity contribution in [2.24, 2.45) is 4.99 Å². The molecule has 28 heavy (non-hydrogen) atoms. The largest absolute Gasteiger partial charge is 0.437 e. The second-order valence-electron chi connectivity index (χ2n) is 6.27. The predicted molar refractivity (Wildman–Crippen MR) is 103 cm³/mol. The second kappa shape index (κ2) is 8.37. The van der Waals surface area contributed by atoms with Gasteiger partial charge in [0.25, 0.3) is 0 Å². The molecule has 1 aliphatic heterocycles. The third-order valence-electron chi connectivity index (χ3n) is 4.20. The molecule has 2 aromatic heterocycles. The predicted octanol–water partition coefficient (Wildman–Crippen LogP) is 4.84. The van der Waals surface area contributed by atoms with Gasteiger partial charge in [0, 0.05) is 22.5 Å². The van der Waals surface area contributed by atoms with Gasteiger partial charge in [-0.05, 0) is 37.6 Å². The maximum atomic E-state index is 13.4. The van der Waals surface area contributed by atoms with Crippen molar-refractivity contribution in [3.8, 4) is 5.75 Å². The molecule has 0 N–H and O–H groups in total. The molecule has 2 aromatic rings. The average Bonchev–Trinajstić information content (AvgIpc) is 2.93. The Morgan fingerprint density at radius 1 is 1.18 bits per heavy atom. The molecule has 0 aromatic carbocycles. The molecule has 4 nitrogen and oxygen atoms in total. The van der Waals surface area contributed by atoms with E-state index in [-0.39, 0.29) is 5.75 Å². The van der Waals surface area contributed by atoms with Gasteiger partial charge in [0.05, 0.1) is 12.7 Å². The third-order valence-corrected chi connectivity index (χ3v) is 4.20. The van der Waals surface area contributed by atoms with Gasteiger partial charge in [-0.1, -0.05) is 25.1 Å². The molecular formula is C21H20F3N3O. The van der Waals surface area contributed by atoms with Crippen LogP contribution in [0.15, 0.2) is 53.7 Å². The summed E-state index contributed by atoms with van der Waals surface area (Å²) in [5, 5.41) is 0. The summed E-state index contributed by atoms with van der Waals surface area (Å²) in [7, 11) is 0. The van der Waals surface area contributed by atoms with Crippen LogP contribution in [0, 0.1) is 6.92 Å². The normalized spacial score (nSPS) is 14.3. The molecule has 0 saturated heterocycles. The first-order chi connectivity index (χ1) is 13.4. The van der Waals surface area contributed by atoms with E-state index in [1.165, 1.54) is 6.07 Å². The summed E-state index contributed by atoms with van der Waals surface area (Å²) in [5.41, 5.74) is 2.83. The molecule has 0 radical (unpaired) electrons. The SMILES string of the molecule is CCc1nc(C)ccc1C1=CC=CCN=C1Oc1ccc(C(F)(F)CF)nc1. The third kappa shape index (κ3) is 4.30. The van der Waals surface area contributed by atoms with E-state index in [1.54, 1.807) is 0 Å². The van der Waals surface area contributed by atoms with Crippen molar-refractivity contribution in [2.45, 2.75) is 26.2 Å². The van der Waals surface area contributed by atoms with Gasteiger partial charge in [-0.25, -0.2) is 9.38 Å². The van der Waals surface area contributed by atoms with E-state index in [4.69, 9.17) is 4.74 Å². The first-order valence-electron chi connectivity index (χ1n) is 8.91. The van der Waals surface area contributed by atoms with Crippen molar-refractivity contribution < 1.29 is 17.9 Å². The monoisotopic (exact) mass is 387 g/mol. The standard InChI is InChI=1S/C21H20F3N3O/c1-3-18-16(9-7-14(2)27-18)17-6-4-5-11-25-20(17)28-15-8-10-19(26-12-15)21(23,24)13-22/h4-10,12H,3,11,13H2,1-2H3. The van der Waals surface area contributed by atoms with Gasteiger partial charge in [-0.3, -0.25) is 9.97 Å². The van der Waals surface area contributed by atoms with Crippen LogP contribution in [0.1, 0.15) is 29.6 Å². The number of allylic oxidation sites excluding steroid dienone is 2. The topological polar surface area (TPSA) is 47.4 Å². The van der Waals surface area contributed by atoms with Crippen LogP contribution in [0.3, 0.4) is 0 Å². The number of hydrogen-bond acceptors (Lipinski definition) is 4. The van der Waals surface area contributed by atoms with Crippen LogP contribution < -0.4 is 4.74 Å². The van der Waals surface area contributed by atoms with Crippen LogP contribution in [-0.2, 0) is 12.3 Å². The van der Waals surface area contributed by atoms with Crippen molar-refractivity contribution in [1.29, 1.82) is 0 Å². The van der Waals surface area contributed by atoms with Crippen LogP contribution in [0.2, 0.25) is 0 Å². The Labute approximate surface area is 161 Å². The number of pyridine rings is 2. The lowest BCUT2D eigenvalue weighted by molar-refractivity contribution is -0.0322. The van der Waals surface area contributed by atoms with Gasteiger partial charge >= 0.3 is 5.92 Å². The highest BCUT2D eigenvalue weighted by atomic mass is 19.3. The summed E-state index contributed by atoms with van der Waals surface area (Å²) in [6.45, 7) is 2.56. The van der Waals surface area contributed by atoms with Crippen LogP contribution in [0.4, 0.5) is 13.2 Å². The Kier molecular flexibility index (Phi) is 5.92. The molecule has 0 fully saturated rings. The number of halogens is 3. The minimum absolute atomic E-state index is 0.239. The van der Waals surface area contributed by atoms with Crippen LogP contribution in [0.5, 0.6) is 5.75 Å². The van der Waals surface area contributed by atoms with E-state index in [2.05, 4.69) is 15.0 Å². The number of nitrogens with zero attached hydrogens (tertiary/aromatic N) is 3. The fourth-order valence-corrected chi connectivity index (χ4v) is 2.77. The molecular weight excluding hydrogens is 367 g/mol. The van der Waals surface area contributed by atoms with E-state index in [1.807, 2.05) is 44.2 Å². The van der Waals surface area contributed by atoms with Gasteiger partial charge in [0.2, 0.25) is 5.90 Å². The number of aliphatic imine (C=N–C) groups is 1. The summed E-state index contributed by atoms with van der Waals surface area (Å²) in [4.78, 5) is 12.7. The number of aryl methyl sites for hydroxylation is 2. The Bertz CT molecular complexity index is 934. The molecule has 3 heterocycles. The van der Waals surface area contributed by atoms with Gasteiger partial charge in [0.15, 0.2) is 6.67 Å². The number of aromatic nitrogens is 2. The first kappa shape index (κ1) is 19.8. The lowest BCUT2D eigenvalue weighted by Gasteiger charge is -2.15. The molecule has 0 bridgehead atoms. The number of ether oxygens (including phenoxy) is 1. The fraction of sp³-hybridized carbons (Fsp3) is 0.286. The van der Waals surface area contributed by atoms with E-state index < -0.39 is 18.3 Å². The van der Waals surface area contributed by atoms with Crippen LogP contribution >= 0.6 is 0 Å². The molecule has 146 valence electrons. The van der Waals surface area contributed by atoms with Crippen molar-refractivity contribution in [3.05, 3.63) is 71.3 Å². The summed E-state index contributed by atoms with van der Waals surface area (Å²) < 4.78 is 45.1. The summed E-state index contributed by atoms with van der Waals surface area (Å²) in [6, 6.07) is 6.27. The summed E-state index contributed by atoms with van der Waals surface area (Å²) in [6.07, 6.45) is 7.53. The maximum Gasteiger partial charge on any atom is 0.317 e. The highest BCUT2D eigenvalue weighted by Crippen LogP contribution is 2.29. The maximum absolute atomic E-state index is 13.4. The minimum atomic E-state index is -3.61. The van der Waals surface area contributed by atoms with E-state index in [9.17, 15) is 13.2 Å². The van der Waals surface area contributed by atoms with Gasteiger partial charge in [-0.15, -0.1) is 0 Å². The Balaban J connectivity index is 1.91. The number of hydrogen-bond donors (Lipinski definition) is 0. The first-order valence-corrected chi connectivity index (χ1v) is 8.91. The second-order valence-corrected chi connectivity index (χ2v) is 6.27. The van der Waals surface area contributed by atoms with Gasteiger partial charge in [0.1, 0.15) is 11.4 Å². The smallest absolute Gasteiger partial charge is 0.317 e. The number of alkyl halides is 3. The summed E-state index contributed by atoms with van der Waals surface area (Å²) in [5.74, 6) is -3.03. The zero-order chi connectivity index (χ0) is 20.1. The molecule has 1 aliphatic rings. The lowest BCUT2D eigenvalue weighted by atomic mass is 10.0. The Morgan fingerprint density at radius 3 is 2.68 bits per heavy atom. The van der Waals surface area contributed by atoms with Gasteiger partial charge in [-0.2, -0.15) is 8.78 Å². The van der Waals surface area contributed by atoms with Crippen molar-refractivity contribution in [1.82, 2.24) is 9.97 Å². The molecule has 0 atom stereocenters. The number of rotatable bonds is 5. The van der Waals surface area contributed by atoms with Crippen LogP contribution in [0.25, 0.3) is 5.57 Å². The van der Waals surface area contributed by atoms with E-state index >= 15 is 0 Å². The molecule has 0 spiro atoms. The molecule has 0 unspecified atom stereocenters. The van der Waals surface area contributed by atoms with E-state index in [0.717, 1.165) is 41.2 Å². The van der Waals surface area contributed by atoms with E-state index in [0.29, 0.717) is 12.4 Å². The van der Waals surface area contributed by atoms with Crippen LogP contribution in [-0.4, -0.2) is 29.1 Å². The fourth-order valence-electron chi connectivity index (χ4n) is 2.77. The molecule has 0 amide bonds. The van der Waals surface area contributed by atoms with Crippen molar-refractivity contribution in [3.63, 3.8) is 0 Å². The minimum Gasteiger partial charge on any atom is -0.437 e. The zero-order valence-corrected chi connectivity index (χ0v) is 15.6. The van der Waals surface area contributed by atoms with Gasteiger partial charge < -0.3 is 4.74 Å². The molecule has 0 aliphatic carbocycles. The molecule has 3 rings (SSSR count). The average molecular weight is 387 g/mol. The quantitative estimate of drug-likeness (QED) is 0.738. The molecule has 0 saturated carbocycles. The zero-order valence-electron chi connectivity index (χ0n) is 15.6.